The fourth-order valence-corrected chi connectivity index (χ4v) is 3.57. The SMILES string of the molecule is C/C=C/CC1(C#N)CCS(=O)(=O)C1. The normalized spacial score (nSPS) is 32.0. The molecule has 1 aliphatic heterocycles. The first-order valence-corrected chi connectivity index (χ1v) is 6.09. The number of nitriles is 1. The first-order valence-electron chi connectivity index (χ1n) is 4.26. The van der Waals surface area contributed by atoms with Crippen molar-refractivity contribution in [3.05, 3.63) is 12.2 Å². The molecule has 0 aromatic heterocycles. The molecule has 1 unspecified atom stereocenters. The fraction of sp³-hybridized carbons (Fsp3) is 0.667. The van der Waals surface area contributed by atoms with Gasteiger partial charge in [0.15, 0.2) is 9.84 Å². The Labute approximate surface area is 79.0 Å². The Bertz CT molecular complexity index is 350. The molecule has 0 aromatic rings. The van der Waals surface area contributed by atoms with Crippen molar-refractivity contribution in [3.63, 3.8) is 0 Å². The van der Waals surface area contributed by atoms with Crippen LogP contribution in [0.15, 0.2) is 12.2 Å². The van der Waals surface area contributed by atoms with Gasteiger partial charge in [-0.2, -0.15) is 5.26 Å². The molecule has 1 atom stereocenters. The van der Waals surface area contributed by atoms with Crippen LogP contribution in [-0.2, 0) is 9.84 Å². The minimum atomic E-state index is -2.95. The first-order chi connectivity index (χ1) is 6.04. The van der Waals surface area contributed by atoms with Gasteiger partial charge in [0.1, 0.15) is 0 Å². The van der Waals surface area contributed by atoms with Crippen LogP contribution in [0, 0.1) is 16.7 Å². The lowest BCUT2D eigenvalue weighted by molar-refractivity contribution is 0.460. The highest BCUT2D eigenvalue weighted by molar-refractivity contribution is 7.91. The highest BCUT2D eigenvalue weighted by Crippen LogP contribution is 2.35. The van der Waals surface area contributed by atoms with Gasteiger partial charge in [-0.3, -0.25) is 0 Å². The summed E-state index contributed by atoms with van der Waals surface area (Å²) in [7, 11) is -2.95. The average molecular weight is 199 g/mol. The molecule has 0 saturated carbocycles. The van der Waals surface area contributed by atoms with Gasteiger partial charge in [-0.25, -0.2) is 8.42 Å². The number of hydrogen-bond acceptors (Lipinski definition) is 3. The lowest BCUT2D eigenvalue weighted by Gasteiger charge is -2.15. The quantitative estimate of drug-likeness (QED) is 0.629. The highest BCUT2D eigenvalue weighted by atomic mass is 32.2. The lowest BCUT2D eigenvalue weighted by atomic mass is 9.86. The molecule has 0 aromatic carbocycles. The number of rotatable bonds is 2. The zero-order chi connectivity index (χ0) is 9.95. The van der Waals surface area contributed by atoms with Crippen molar-refractivity contribution in [1.29, 1.82) is 5.26 Å². The lowest BCUT2D eigenvalue weighted by Crippen LogP contribution is -2.19. The van der Waals surface area contributed by atoms with Crippen molar-refractivity contribution in [1.82, 2.24) is 0 Å². The van der Waals surface area contributed by atoms with Crippen LogP contribution in [0.4, 0.5) is 0 Å². The first kappa shape index (κ1) is 10.3. The van der Waals surface area contributed by atoms with E-state index in [4.69, 9.17) is 5.26 Å². The van der Waals surface area contributed by atoms with Crippen LogP contribution >= 0.6 is 0 Å². The molecule has 0 amide bonds. The third-order valence-corrected chi connectivity index (χ3v) is 4.19. The average Bonchev–Trinajstić information content (AvgIpc) is 2.40. The van der Waals surface area contributed by atoms with Gasteiger partial charge in [-0.15, -0.1) is 0 Å². The summed E-state index contributed by atoms with van der Waals surface area (Å²) in [5, 5.41) is 8.93. The van der Waals surface area contributed by atoms with Crippen molar-refractivity contribution >= 4 is 9.84 Å². The van der Waals surface area contributed by atoms with Gasteiger partial charge >= 0.3 is 0 Å². The predicted molar refractivity (Wildman–Crippen MR) is 50.7 cm³/mol. The van der Waals surface area contributed by atoms with Gasteiger partial charge in [-0.1, -0.05) is 12.2 Å². The van der Waals surface area contributed by atoms with Crippen LogP contribution in [0.5, 0.6) is 0 Å². The predicted octanol–water partition coefficient (Wildman–Crippen LogP) is 1.28. The molecule has 1 heterocycles. The summed E-state index contributed by atoms with van der Waals surface area (Å²) in [5.74, 6) is 0.193. The molecule has 1 fully saturated rings. The third-order valence-electron chi connectivity index (χ3n) is 2.37. The maximum absolute atomic E-state index is 11.2. The van der Waals surface area contributed by atoms with E-state index in [1.165, 1.54) is 0 Å². The standard InChI is InChI=1S/C9H13NO2S/c1-2-3-4-9(7-10)5-6-13(11,12)8-9/h2-3H,4-6,8H2,1H3/b3-2+. The van der Waals surface area contributed by atoms with Gasteiger partial charge in [0.2, 0.25) is 0 Å². The Morgan fingerprint density at radius 1 is 1.62 bits per heavy atom. The zero-order valence-corrected chi connectivity index (χ0v) is 8.47. The number of hydrogen-bond donors (Lipinski definition) is 0. The molecule has 0 radical (unpaired) electrons. The number of nitrogens with zero attached hydrogens (tertiary/aromatic N) is 1. The molecule has 0 aliphatic carbocycles. The van der Waals surface area contributed by atoms with Gasteiger partial charge in [-0.05, 0) is 19.8 Å². The molecule has 1 aliphatic rings. The van der Waals surface area contributed by atoms with E-state index in [0.29, 0.717) is 12.8 Å². The molecular formula is C9H13NO2S. The van der Waals surface area contributed by atoms with Gasteiger partial charge in [0.05, 0.1) is 23.0 Å². The number of allylic oxidation sites excluding steroid dienone is 2. The van der Waals surface area contributed by atoms with Crippen molar-refractivity contribution in [2.45, 2.75) is 19.8 Å². The largest absolute Gasteiger partial charge is 0.229 e. The zero-order valence-electron chi connectivity index (χ0n) is 7.66. The summed E-state index contributed by atoms with van der Waals surface area (Å²) < 4.78 is 22.4. The van der Waals surface area contributed by atoms with E-state index < -0.39 is 15.3 Å². The minimum absolute atomic E-state index is 0.0286. The molecular weight excluding hydrogens is 186 g/mol. The van der Waals surface area contributed by atoms with E-state index in [2.05, 4.69) is 6.07 Å². The molecule has 3 nitrogen and oxygen atoms in total. The Morgan fingerprint density at radius 2 is 2.31 bits per heavy atom. The summed E-state index contributed by atoms with van der Waals surface area (Å²) in [6.45, 7) is 1.87. The summed E-state index contributed by atoms with van der Waals surface area (Å²) in [6, 6.07) is 2.14. The van der Waals surface area contributed by atoms with Gasteiger partial charge < -0.3 is 0 Å². The van der Waals surface area contributed by atoms with Crippen LogP contribution in [0.25, 0.3) is 0 Å². The van der Waals surface area contributed by atoms with Crippen LogP contribution < -0.4 is 0 Å². The third kappa shape index (κ3) is 2.31. The van der Waals surface area contributed by atoms with Crippen LogP contribution in [0.1, 0.15) is 19.8 Å². The van der Waals surface area contributed by atoms with Crippen molar-refractivity contribution < 1.29 is 8.42 Å². The van der Waals surface area contributed by atoms with Gasteiger partial charge in [0.25, 0.3) is 0 Å². The maximum atomic E-state index is 11.2. The smallest absolute Gasteiger partial charge is 0.151 e. The van der Waals surface area contributed by atoms with E-state index in [1.54, 1.807) is 0 Å². The molecule has 0 bridgehead atoms. The summed E-state index contributed by atoms with van der Waals surface area (Å²) in [5.41, 5.74) is -0.647. The topological polar surface area (TPSA) is 57.9 Å². The minimum Gasteiger partial charge on any atom is -0.229 e. The summed E-state index contributed by atoms with van der Waals surface area (Å²) in [4.78, 5) is 0. The Balaban J connectivity index is 2.82. The Morgan fingerprint density at radius 3 is 2.69 bits per heavy atom. The summed E-state index contributed by atoms with van der Waals surface area (Å²) in [6.07, 6.45) is 4.75. The second kappa shape index (κ2) is 3.51. The fourth-order valence-electron chi connectivity index (χ4n) is 1.55. The monoisotopic (exact) mass is 199 g/mol. The molecule has 4 heteroatoms. The maximum Gasteiger partial charge on any atom is 0.151 e. The highest BCUT2D eigenvalue weighted by Gasteiger charge is 2.41. The van der Waals surface area contributed by atoms with Crippen LogP contribution in [0.2, 0.25) is 0 Å². The molecule has 72 valence electrons. The van der Waals surface area contributed by atoms with Gasteiger partial charge in [0, 0.05) is 0 Å². The molecule has 0 spiro atoms. The van der Waals surface area contributed by atoms with E-state index >= 15 is 0 Å². The second-order valence-corrected chi connectivity index (χ2v) is 5.69. The summed E-state index contributed by atoms with van der Waals surface area (Å²) >= 11 is 0. The molecule has 13 heavy (non-hydrogen) atoms. The van der Waals surface area contributed by atoms with E-state index in [-0.39, 0.29) is 11.5 Å². The van der Waals surface area contributed by atoms with Crippen molar-refractivity contribution in [2.24, 2.45) is 5.41 Å². The van der Waals surface area contributed by atoms with E-state index in [9.17, 15) is 8.42 Å². The van der Waals surface area contributed by atoms with E-state index in [1.807, 2.05) is 19.1 Å². The Kier molecular flexibility index (Phi) is 2.77. The Hall–Kier alpha value is -0.820. The number of sulfone groups is 1. The van der Waals surface area contributed by atoms with Crippen molar-refractivity contribution in [2.75, 3.05) is 11.5 Å². The van der Waals surface area contributed by atoms with Crippen molar-refractivity contribution in [3.8, 4) is 6.07 Å². The molecule has 1 rings (SSSR count). The van der Waals surface area contributed by atoms with Crippen LogP contribution in [0.3, 0.4) is 0 Å². The molecule has 0 N–H and O–H groups in total. The van der Waals surface area contributed by atoms with E-state index in [0.717, 1.165) is 0 Å². The molecule has 1 saturated heterocycles. The second-order valence-electron chi connectivity index (χ2n) is 3.51. The van der Waals surface area contributed by atoms with Crippen LogP contribution in [-0.4, -0.2) is 19.9 Å².